The molecule has 1 aromatic carbocycles. The Morgan fingerprint density at radius 2 is 2.22 bits per heavy atom. The van der Waals surface area contributed by atoms with E-state index in [0.29, 0.717) is 6.04 Å². The second-order valence-electron chi connectivity index (χ2n) is 5.08. The van der Waals surface area contributed by atoms with E-state index in [1.807, 2.05) is 24.3 Å². The van der Waals surface area contributed by atoms with E-state index < -0.39 is 0 Å². The smallest absolute Gasteiger partial charge is 0.0894 e. The molecule has 2 rings (SSSR count). The minimum Gasteiger partial charge on any atom is -0.374 e. The van der Waals surface area contributed by atoms with Crippen LogP contribution in [-0.2, 0) is 4.74 Å². The predicted octanol–water partition coefficient (Wildman–Crippen LogP) is 2.45. The summed E-state index contributed by atoms with van der Waals surface area (Å²) >= 11 is 6.00. The molecule has 1 aliphatic rings. The molecular weight excluding hydrogens is 248 g/mol. The second-order valence-corrected chi connectivity index (χ2v) is 5.52. The maximum atomic E-state index is 6.29. The first-order chi connectivity index (χ1) is 8.58. The molecule has 18 heavy (non-hydrogen) atoms. The summed E-state index contributed by atoms with van der Waals surface area (Å²) in [5.41, 5.74) is 7.33. The standard InChI is InChI=1S/C14H21ClN2O/c1-10(2)17-6-7-18-13(9-17)14(16)11-4-3-5-12(15)8-11/h3-5,8,10,13-14H,6-7,9,16H2,1-2H3. The fraction of sp³-hybridized carbons (Fsp3) is 0.571. The van der Waals surface area contributed by atoms with Crippen LogP contribution in [0.2, 0.25) is 5.02 Å². The highest BCUT2D eigenvalue weighted by Gasteiger charge is 2.27. The van der Waals surface area contributed by atoms with Gasteiger partial charge in [-0.2, -0.15) is 0 Å². The molecule has 1 saturated heterocycles. The molecule has 0 aromatic heterocycles. The first-order valence-electron chi connectivity index (χ1n) is 6.44. The van der Waals surface area contributed by atoms with Crippen molar-refractivity contribution in [1.29, 1.82) is 0 Å². The van der Waals surface area contributed by atoms with Gasteiger partial charge in [0.05, 0.1) is 18.8 Å². The fourth-order valence-electron chi connectivity index (χ4n) is 2.31. The zero-order valence-corrected chi connectivity index (χ0v) is 11.7. The molecule has 0 aliphatic carbocycles. The highest BCUT2D eigenvalue weighted by atomic mass is 35.5. The maximum absolute atomic E-state index is 6.29. The number of benzene rings is 1. The lowest BCUT2D eigenvalue weighted by Crippen LogP contribution is -2.49. The van der Waals surface area contributed by atoms with Crippen LogP contribution in [-0.4, -0.2) is 36.7 Å². The molecule has 0 radical (unpaired) electrons. The van der Waals surface area contributed by atoms with Crippen LogP contribution < -0.4 is 5.73 Å². The zero-order chi connectivity index (χ0) is 13.1. The Hall–Kier alpha value is -0.610. The van der Waals surface area contributed by atoms with Gasteiger partial charge in [0.25, 0.3) is 0 Å². The van der Waals surface area contributed by atoms with Gasteiger partial charge in [-0.05, 0) is 31.5 Å². The predicted molar refractivity (Wildman–Crippen MR) is 74.8 cm³/mol. The molecule has 1 heterocycles. The number of nitrogens with zero attached hydrogens (tertiary/aromatic N) is 1. The third kappa shape index (κ3) is 3.23. The van der Waals surface area contributed by atoms with Crippen molar-refractivity contribution in [2.75, 3.05) is 19.7 Å². The number of hydrogen-bond acceptors (Lipinski definition) is 3. The zero-order valence-electron chi connectivity index (χ0n) is 11.0. The molecule has 100 valence electrons. The van der Waals surface area contributed by atoms with Gasteiger partial charge in [0.2, 0.25) is 0 Å². The minimum absolute atomic E-state index is 0.0413. The van der Waals surface area contributed by atoms with Crippen LogP contribution in [0.5, 0.6) is 0 Å². The molecule has 1 fully saturated rings. The molecule has 2 atom stereocenters. The van der Waals surface area contributed by atoms with Crippen LogP contribution in [0.3, 0.4) is 0 Å². The van der Waals surface area contributed by atoms with Crippen LogP contribution in [0.1, 0.15) is 25.5 Å². The van der Waals surface area contributed by atoms with Crippen molar-refractivity contribution >= 4 is 11.6 Å². The SMILES string of the molecule is CC(C)N1CCOC(C(N)c2cccc(Cl)c2)C1. The Balaban J connectivity index is 2.06. The van der Waals surface area contributed by atoms with Crippen molar-refractivity contribution in [2.45, 2.75) is 32.0 Å². The van der Waals surface area contributed by atoms with E-state index in [-0.39, 0.29) is 12.1 Å². The van der Waals surface area contributed by atoms with Crippen molar-refractivity contribution in [1.82, 2.24) is 4.90 Å². The molecule has 4 heteroatoms. The molecule has 0 amide bonds. The molecule has 0 saturated carbocycles. The largest absolute Gasteiger partial charge is 0.374 e. The monoisotopic (exact) mass is 268 g/mol. The van der Waals surface area contributed by atoms with Crippen LogP contribution in [0, 0.1) is 0 Å². The van der Waals surface area contributed by atoms with Gasteiger partial charge in [0.1, 0.15) is 0 Å². The Morgan fingerprint density at radius 3 is 2.89 bits per heavy atom. The van der Waals surface area contributed by atoms with Crippen molar-refractivity contribution < 1.29 is 4.74 Å². The highest BCUT2D eigenvalue weighted by molar-refractivity contribution is 6.30. The maximum Gasteiger partial charge on any atom is 0.0894 e. The molecule has 2 unspecified atom stereocenters. The summed E-state index contributed by atoms with van der Waals surface area (Å²) in [7, 11) is 0. The lowest BCUT2D eigenvalue weighted by atomic mass is 10.0. The lowest BCUT2D eigenvalue weighted by molar-refractivity contribution is -0.0502. The molecule has 3 nitrogen and oxygen atoms in total. The number of rotatable bonds is 3. The first-order valence-corrected chi connectivity index (χ1v) is 6.82. The van der Waals surface area contributed by atoms with E-state index in [0.717, 1.165) is 30.3 Å². The van der Waals surface area contributed by atoms with Gasteiger partial charge in [-0.3, -0.25) is 4.90 Å². The van der Waals surface area contributed by atoms with E-state index in [1.165, 1.54) is 0 Å². The van der Waals surface area contributed by atoms with Crippen LogP contribution in [0.4, 0.5) is 0 Å². The Bertz CT molecular complexity index is 397. The van der Waals surface area contributed by atoms with E-state index in [4.69, 9.17) is 22.1 Å². The molecule has 2 N–H and O–H groups in total. The van der Waals surface area contributed by atoms with Gasteiger partial charge in [0, 0.05) is 24.2 Å². The topological polar surface area (TPSA) is 38.5 Å². The minimum atomic E-state index is -0.120. The summed E-state index contributed by atoms with van der Waals surface area (Å²) in [5, 5.41) is 0.722. The average molecular weight is 269 g/mol. The van der Waals surface area contributed by atoms with Crippen molar-refractivity contribution in [2.24, 2.45) is 5.73 Å². The van der Waals surface area contributed by atoms with Gasteiger partial charge in [-0.15, -0.1) is 0 Å². The summed E-state index contributed by atoms with van der Waals surface area (Å²) in [4.78, 5) is 2.40. The summed E-state index contributed by atoms with van der Waals surface area (Å²) in [5.74, 6) is 0. The number of ether oxygens (including phenoxy) is 1. The van der Waals surface area contributed by atoms with E-state index in [2.05, 4.69) is 18.7 Å². The summed E-state index contributed by atoms with van der Waals surface area (Å²) in [6.45, 7) is 7.01. The van der Waals surface area contributed by atoms with Gasteiger partial charge >= 0.3 is 0 Å². The Morgan fingerprint density at radius 1 is 1.44 bits per heavy atom. The van der Waals surface area contributed by atoms with Gasteiger partial charge < -0.3 is 10.5 Å². The molecule has 1 aliphatic heterocycles. The van der Waals surface area contributed by atoms with Gasteiger partial charge in [-0.1, -0.05) is 23.7 Å². The average Bonchev–Trinajstić information content (AvgIpc) is 2.38. The van der Waals surface area contributed by atoms with Crippen molar-refractivity contribution in [3.8, 4) is 0 Å². The third-order valence-corrected chi connectivity index (χ3v) is 3.72. The van der Waals surface area contributed by atoms with E-state index in [9.17, 15) is 0 Å². The second kappa shape index (κ2) is 6.02. The Kier molecular flexibility index (Phi) is 4.62. The molecular formula is C14H21ClN2O. The summed E-state index contributed by atoms with van der Waals surface area (Å²) in [6.07, 6.45) is 0.0413. The molecule has 0 spiro atoms. The number of hydrogen-bond donors (Lipinski definition) is 1. The Labute approximate surface area is 114 Å². The lowest BCUT2D eigenvalue weighted by Gasteiger charge is -2.38. The van der Waals surface area contributed by atoms with Crippen LogP contribution >= 0.6 is 11.6 Å². The first kappa shape index (κ1) is 13.8. The van der Waals surface area contributed by atoms with E-state index >= 15 is 0 Å². The van der Waals surface area contributed by atoms with Gasteiger partial charge in [0.15, 0.2) is 0 Å². The molecule has 1 aromatic rings. The van der Waals surface area contributed by atoms with Crippen LogP contribution in [0.15, 0.2) is 24.3 Å². The number of nitrogens with two attached hydrogens (primary N) is 1. The van der Waals surface area contributed by atoms with E-state index in [1.54, 1.807) is 0 Å². The molecule has 0 bridgehead atoms. The quantitative estimate of drug-likeness (QED) is 0.915. The van der Waals surface area contributed by atoms with Gasteiger partial charge in [-0.25, -0.2) is 0 Å². The number of halogens is 1. The third-order valence-electron chi connectivity index (χ3n) is 3.49. The van der Waals surface area contributed by atoms with Crippen molar-refractivity contribution in [3.05, 3.63) is 34.9 Å². The highest BCUT2D eigenvalue weighted by Crippen LogP contribution is 2.23. The summed E-state index contributed by atoms with van der Waals surface area (Å²) < 4.78 is 5.80. The van der Waals surface area contributed by atoms with Crippen molar-refractivity contribution in [3.63, 3.8) is 0 Å². The van der Waals surface area contributed by atoms with Crippen LogP contribution in [0.25, 0.3) is 0 Å². The fourth-order valence-corrected chi connectivity index (χ4v) is 2.51. The normalized spacial score (nSPS) is 23.3. The summed E-state index contributed by atoms with van der Waals surface area (Å²) in [6, 6.07) is 8.13. The number of morpholine rings is 1.